The molecule has 0 saturated carbocycles. The summed E-state index contributed by atoms with van der Waals surface area (Å²) in [5.74, 6) is 0. The molecule has 0 saturated heterocycles. The first-order chi connectivity index (χ1) is 20.1. The van der Waals surface area contributed by atoms with Gasteiger partial charge >= 0.3 is 6.09 Å². The molecule has 232 valence electrons. The highest BCUT2D eigenvalue weighted by Crippen LogP contribution is 2.31. The van der Waals surface area contributed by atoms with Crippen LogP contribution in [-0.2, 0) is 11.2 Å². The minimum absolute atomic E-state index is 0.0142. The van der Waals surface area contributed by atoms with Gasteiger partial charge in [0, 0.05) is 31.9 Å². The summed E-state index contributed by atoms with van der Waals surface area (Å²) in [6, 6.07) is 12.8. The summed E-state index contributed by atoms with van der Waals surface area (Å²) in [5.41, 5.74) is 2.30. The second-order valence-electron chi connectivity index (χ2n) is 11.9. The summed E-state index contributed by atoms with van der Waals surface area (Å²) in [5, 5.41) is 22.9. The molecule has 0 aliphatic heterocycles. The molecule has 0 atom stereocenters. The highest BCUT2D eigenvalue weighted by atomic mass is 16.6. The van der Waals surface area contributed by atoms with E-state index in [-0.39, 0.29) is 16.3 Å². The van der Waals surface area contributed by atoms with Crippen LogP contribution in [0.15, 0.2) is 52.7 Å². The van der Waals surface area contributed by atoms with Gasteiger partial charge in [0.1, 0.15) is 5.60 Å². The fourth-order valence-electron chi connectivity index (χ4n) is 4.61. The van der Waals surface area contributed by atoms with E-state index in [4.69, 9.17) is 4.74 Å². The summed E-state index contributed by atoms with van der Waals surface area (Å²) in [6.07, 6.45) is 13.8. The number of benzene rings is 2. The normalized spacial score (nSPS) is 11.5. The first-order valence-corrected chi connectivity index (χ1v) is 15.6. The largest absolute Gasteiger partial charge is 0.444 e. The lowest BCUT2D eigenvalue weighted by atomic mass is 10.0. The van der Waals surface area contributed by atoms with Crippen LogP contribution in [0, 0.1) is 10.1 Å². The molecule has 0 spiro atoms. The van der Waals surface area contributed by atoms with Gasteiger partial charge in [-0.25, -0.2) is 4.79 Å². The average Bonchev–Trinajstić information content (AvgIpc) is 2.94. The van der Waals surface area contributed by atoms with E-state index in [0.29, 0.717) is 12.2 Å². The van der Waals surface area contributed by atoms with E-state index in [1.807, 2.05) is 58.2 Å². The quantitative estimate of drug-likeness (QED) is 0.0768. The molecule has 0 heterocycles. The van der Waals surface area contributed by atoms with Gasteiger partial charge < -0.3 is 15.0 Å². The van der Waals surface area contributed by atoms with Crippen molar-refractivity contribution >= 4 is 28.8 Å². The second kappa shape index (κ2) is 18.8. The second-order valence-corrected chi connectivity index (χ2v) is 11.9. The average molecular weight is 582 g/mol. The Morgan fingerprint density at radius 3 is 2.12 bits per heavy atom. The maximum atomic E-state index is 11.8. The Labute approximate surface area is 252 Å². The minimum atomic E-state index is -0.513. The molecule has 2 aromatic carbocycles. The van der Waals surface area contributed by atoms with Crippen LogP contribution in [0.1, 0.15) is 104 Å². The number of ether oxygens (including phenoxy) is 1. The molecule has 2 rings (SSSR count). The Hall–Kier alpha value is -3.49. The number of nitro groups is 1. The number of nitro benzene ring substituents is 1. The van der Waals surface area contributed by atoms with Crippen LogP contribution in [0.3, 0.4) is 0 Å². The van der Waals surface area contributed by atoms with Crippen molar-refractivity contribution in [3.05, 3.63) is 58.1 Å². The number of unbranched alkanes of at least 4 members (excludes halogenated alkanes) is 9. The van der Waals surface area contributed by atoms with Crippen LogP contribution in [0.25, 0.3) is 0 Å². The number of azo groups is 1. The molecule has 9 heteroatoms. The number of carbonyl (C=O) groups is 1. The number of alkyl carbamates (subject to hydrolysis) is 1. The van der Waals surface area contributed by atoms with Gasteiger partial charge in [-0.2, -0.15) is 5.11 Å². The molecule has 1 amide bonds. The number of carbonyl (C=O) groups excluding carboxylic acids is 1. The van der Waals surface area contributed by atoms with Gasteiger partial charge in [0.2, 0.25) is 0 Å². The zero-order valence-electron chi connectivity index (χ0n) is 26.4. The molecule has 9 nitrogen and oxygen atoms in total. The molecular formula is C33H51N5O4. The third-order valence-electron chi connectivity index (χ3n) is 6.96. The fraction of sp³-hybridized carbons (Fsp3) is 0.606. The monoisotopic (exact) mass is 581 g/mol. The molecule has 0 aliphatic carbocycles. The molecule has 0 bridgehead atoms. The van der Waals surface area contributed by atoms with Gasteiger partial charge in [-0.15, -0.1) is 5.11 Å². The number of amides is 1. The minimum Gasteiger partial charge on any atom is -0.444 e. The standard InChI is InChI=1S/C33H51N5O4/c1-6-7-8-9-10-11-12-13-14-15-17-27-18-23-30(31(26-27)38(40)41)36-35-28-19-21-29(22-20-28)37(5)25-16-24-34-32(39)42-33(2,3)4/h18-23,26H,6-17,24-25H2,1-5H3,(H,34,39). The first-order valence-electron chi connectivity index (χ1n) is 15.6. The Morgan fingerprint density at radius 2 is 1.52 bits per heavy atom. The van der Waals surface area contributed by atoms with Crippen molar-refractivity contribution < 1.29 is 14.5 Å². The van der Waals surface area contributed by atoms with Crippen LogP contribution in [0.2, 0.25) is 0 Å². The van der Waals surface area contributed by atoms with E-state index in [1.165, 1.54) is 51.4 Å². The van der Waals surface area contributed by atoms with E-state index >= 15 is 0 Å². The van der Waals surface area contributed by atoms with Gasteiger partial charge in [-0.1, -0.05) is 70.8 Å². The van der Waals surface area contributed by atoms with Crippen molar-refractivity contribution in [3.8, 4) is 0 Å². The van der Waals surface area contributed by atoms with Gasteiger partial charge in [0.05, 0.1) is 10.6 Å². The highest BCUT2D eigenvalue weighted by molar-refractivity contribution is 5.67. The van der Waals surface area contributed by atoms with Crippen LogP contribution in [-0.4, -0.2) is 36.8 Å². The number of aryl methyl sites for hydroxylation is 1. The summed E-state index contributed by atoms with van der Waals surface area (Å²) >= 11 is 0. The molecule has 0 unspecified atom stereocenters. The van der Waals surface area contributed by atoms with Crippen molar-refractivity contribution in [1.29, 1.82) is 0 Å². The number of hydrogen-bond acceptors (Lipinski definition) is 7. The lowest BCUT2D eigenvalue weighted by Crippen LogP contribution is -2.34. The van der Waals surface area contributed by atoms with Crippen LogP contribution < -0.4 is 10.2 Å². The van der Waals surface area contributed by atoms with Gasteiger partial charge in [-0.3, -0.25) is 10.1 Å². The van der Waals surface area contributed by atoms with E-state index in [0.717, 1.165) is 43.5 Å². The molecular weight excluding hydrogens is 530 g/mol. The molecule has 42 heavy (non-hydrogen) atoms. The van der Waals surface area contributed by atoms with Crippen molar-refractivity contribution in [2.45, 2.75) is 110 Å². The van der Waals surface area contributed by atoms with Gasteiger partial charge in [0.15, 0.2) is 5.69 Å². The summed E-state index contributed by atoms with van der Waals surface area (Å²) < 4.78 is 5.24. The Bertz CT molecular complexity index is 1110. The molecule has 0 radical (unpaired) electrons. The Balaban J connectivity index is 1.79. The number of anilines is 1. The number of nitrogens with zero attached hydrogens (tertiary/aromatic N) is 4. The third-order valence-corrected chi connectivity index (χ3v) is 6.96. The smallest absolute Gasteiger partial charge is 0.407 e. The predicted octanol–water partition coefficient (Wildman–Crippen LogP) is 9.82. The van der Waals surface area contributed by atoms with Crippen molar-refractivity contribution in [2.24, 2.45) is 10.2 Å². The van der Waals surface area contributed by atoms with Crippen molar-refractivity contribution in [1.82, 2.24) is 5.32 Å². The van der Waals surface area contributed by atoms with Crippen LogP contribution in [0.5, 0.6) is 0 Å². The number of rotatable bonds is 19. The SMILES string of the molecule is CCCCCCCCCCCCc1ccc(N=Nc2ccc(N(C)CCCNC(=O)OC(C)(C)C)cc2)c([N+](=O)[O-])c1. The molecule has 0 fully saturated rings. The lowest BCUT2D eigenvalue weighted by Gasteiger charge is -2.21. The molecule has 0 aliphatic rings. The highest BCUT2D eigenvalue weighted by Gasteiger charge is 2.16. The summed E-state index contributed by atoms with van der Waals surface area (Å²) in [7, 11) is 1.98. The third kappa shape index (κ3) is 14.4. The predicted molar refractivity (Wildman–Crippen MR) is 171 cm³/mol. The summed E-state index contributed by atoms with van der Waals surface area (Å²) in [6.45, 7) is 9.01. The Morgan fingerprint density at radius 1 is 0.905 bits per heavy atom. The summed E-state index contributed by atoms with van der Waals surface area (Å²) in [4.78, 5) is 25.2. The van der Waals surface area contributed by atoms with Crippen molar-refractivity contribution in [2.75, 3.05) is 25.0 Å². The molecule has 0 aromatic heterocycles. The number of hydrogen-bond donors (Lipinski definition) is 1. The molecule has 1 N–H and O–H groups in total. The topological polar surface area (TPSA) is 109 Å². The zero-order valence-corrected chi connectivity index (χ0v) is 26.4. The first kappa shape index (κ1) is 34.7. The molecule has 2 aromatic rings. The fourth-order valence-corrected chi connectivity index (χ4v) is 4.61. The van der Waals surface area contributed by atoms with Gasteiger partial charge in [0.25, 0.3) is 5.69 Å². The maximum absolute atomic E-state index is 11.8. The Kier molecular flexibility index (Phi) is 15.6. The van der Waals surface area contributed by atoms with E-state index in [1.54, 1.807) is 12.1 Å². The van der Waals surface area contributed by atoms with E-state index in [9.17, 15) is 14.9 Å². The zero-order chi connectivity index (χ0) is 30.8. The maximum Gasteiger partial charge on any atom is 0.407 e. The van der Waals surface area contributed by atoms with Gasteiger partial charge in [-0.05, 0) is 75.9 Å². The van der Waals surface area contributed by atoms with Crippen LogP contribution >= 0.6 is 0 Å². The van der Waals surface area contributed by atoms with E-state index < -0.39 is 11.7 Å². The van der Waals surface area contributed by atoms with Crippen LogP contribution in [0.4, 0.5) is 27.5 Å². The number of nitrogens with one attached hydrogen (secondary N) is 1. The van der Waals surface area contributed by atoms with Crippen molar-refractivity contribution in [3.63, 3.8) is 0 Å². The van der Waals surface area contributed by atoms with E-state index in [2.05, 4.69) is 27.4 Å². The lowest BCUT2D eigenvalue weighted by molar-refractivity contribution is -0.384.